The number of aliphatic hydroxyl groups excluding tert-OH is 2. The summed E-state index contributed by atoms with van der Waals surface area (Å²) < 4.78 is 26.2. The number of hydrogen-bond donors (Lipinski definition) is 3. The molecule has 2 aliphatic rings. The number of aliphatic hydroxyl groups is 2. The maximum Gasteiger partial charge on any atom is 0.229 e. The monoisotopic (exact) mass is 455 g/mol. The van der Waals surface area contributed by atoms with Crippen LogP contribution in [0.5, 0.6) is 5.75 Å². The van der Waals surface area contributed by atoms with Gasteiger partial charge in [0, 0.05) is 19.4 Å². The SMILES string of the molecule is CC(=O)NCCc1ccc(O[C@@H]2OC3(CC=CC3)[C@H](C)[C@@H](O)[C@H]2O)cc1-c1cccc(F)c1. The first-order valence-corrected chi connectivity index (χ1v) is 11.3. The van der Waals surface area contributed by atoms with Gasteiger partial charge in [-0.25, -0.2) is 4.39 Å². The minimum Gasteiger partial charge on any atom is -0.462 e. The molecule has 1 aliphatic carbocycles. The zero-order valence-corrected chi connectivity index (χ0v) is 18.8. The number of halogens is 1. The third-order valence-corrected chi connectivity index (χ3v) is 6.65. The second-order valence-corrected chi connectivity index (χ2v) is 8.88. The number of carbonyl (C=O) groups is 1. The molecule has 0 unspecified atom stereocenters. The lowest BCUT2D eigenvalue weighted by molar-refractivity contribution is -0.292. The number of carbonyl (C=O) groups excluding carboxylic acids is 1. The molecule has 6 nitrogen and oxygen atoms in total. The molecule has 1 fully saturated rings. The Morgan fingerprint density at radius 2 is 1.94 bits per heavy atom. The minimum atomic E-state index is -1.21. The number of ether oxygens (including phenoxy) is 2. The van der Waals surface area contributed by atoms with Gasteiger partial charge < -0.3 is 25.0 Å². The highest BCUT2D eigenvalue weighted by Crippen LogP contribution is 2.43. The van der Waals surface area contributed by atoms with Gasteiger partial charge in [-0.2, -0.15) is 0 Å². The highest BCUT2D eigenvalue weighted by atomic mass is 19.1. The van der Waals surface area contributed by atoms with Crippen molar-refractivity contribution in [1.82, 2.24) is 5.32 Å². The predicted molar refractivity (Wildman–Crippen MR) is 122 cm³/mol. The quantitative estimate of drug-likeness (QED) is 0.582. The van der Waals surface area contributed by atoms with Crippen LogP contribution in [0.15, 0.2) is 54.6 Å². The second kappa shape index (κ2) is 9.63. The molecule has 1 saturated heterocycles. The first-order valence-electron chi connectivity index (χ1n) is 11.3. The minimum absolute atomic E-state index is 0.117. The van der Waals surface area contributed by atoms with Gasteiger partial charge in [0.1, 0.15) is 17.7 Å². The Morgan fingerprint density at radius 3 is 2.64 bits per heavy atom. The molecule has 3 N–H and O–H groups in total. The lowest BCUT2D eigenvalue weighted by Gasteiger charge is -2.48. The molecule has 1 heterocycles. The average Bonchev–Trinajstić information content (AvgIpc) is 3.26. The Morgan fingerprint density at radius 1 is 1.18 bits per heavy atom. The molecule has 1 amide bonds. The molecule has 2 aromatic carbocycles. The molecule has 2 aromatic rings. The number of nitrogens with one attached hydrogen (secondary N) is 1. The molecule has 1 aliphatic heterocycles. The van der Waals surface area contributed by atoms with E-state index in [2.05, 4.69) is 5.32 Å². The maximum absolute atomic E-state index is 13.9. The fraction of sp³-hybridized carbons (Fsp3) is 0.423. The molecule has 0 saturated carbocycles. The van der Waals surface area contributed by atoms with Crippen LogP contribution in [0.25, 0.3) is 11.1 Å². The van der Waals surface area contributed by atoms with E-state index in [1.54, 1.807) is 24.3 Å². The topological polar surface area (TPSA) is 88.0 Å². The molecular formula is C26H30FNO5. The first-order chi connectivity index (χ1) is 15.8. The maximum atomic E-state index is 13.9. The molecule has 176 valence electrons. The van der Waals surface area contributed by atoms with Crippen molar-refractivity contribution in [1.29, 1.82) is 0 Å². The number of hydrogen-bond acceptors (Lipinski definition) is 5. The van der Waals surface area contributed by atoms with Gasteiger partial charge in [-0.15, -0.1) is 0 Å². The van der Waals surface area contributed by atoms with Crippen LogP contribution in [0.1, 0.15) is 32.3 Å². The van der Waals surface area contributed by atoms with E-state index in [9.17, 15) is 19.4 Å². The van der Waals surface area contributed by atoms with Crippen molar-refractivity contribution in [2.75, 3.05) is 6.54 Å². The van der Waals surface area contributed by atoms with Crippen molar-refractivity contribution in [2.45, 2.75) is 57.2 Å². The molecule has 0 radical (unpaired) electrons. The first kappa shape index (κ1) is 23.4. The van der Waals surface area contributed by atoms with Crippen LogP contribution >= 0.6 is 0 Å². The fourth-order valence-corrected chi connectivity index (χ4v) is 4.67. The van der Waals surface area contributed by atoms with Gasteiger partial charge >= 0.3 is 0 Å². The normalized spacial score (nSPS) is 25.8. The van der Waals surface area contributed by atoms with Gasteiger partial charge in [0.05, 0.1) is 11.7 Å². The molecule has 0 bridgehead atoms. The Labute approximate surface area is 193 Å². The number of rotatable bonds is 6. The van der Waals surface area contributed by atoms with E-state index < -0.39 is 24.1 Å². The van der Waals surface area contributed by atoms with E-state index >= 15 is 0 Å². The number of benzene rings is 2. The third kappa shape index (κ3) is 4.95. The molecule has 33 heavy (non-hydrogen) atoms. The lowest BCUT2D eigenvalue weighted by atomic mass is 9.78. The van der Waals surface area contributed by atoms with Crippen molar-refractivity contribution >= 4 is 5.91 Å². The zero-order valence-electron chi connectivity index (χ0n) is 18.8. The van der Waals surface area contributed by atoms with Crippen LogP contribution in [0, 0.1) is 11.7 Å². The highest BCUT2D eigenvalue weighted by molar-refractivity contribution is 5.73. The Hall–Kier alpha value is -2.74. The zero-order chi connectivity index (χ0) is 23.6. The van der Waals surface area contributed by atoms with Crippen LogP contribution in [-0.4, -0.2) is 46.8 Å². The molecule has 4 rings (SSSR count). The molecular weight excluding hydrogens is 425 g/mol. The Balaban J connectivity index is 1.61. The summed E-state index contributed by atoms with van der Waals surface area (Å²) in [4.78, 5) is 11.3. The average molecular weight is 456 g/mol. The van der Waals surface area contributed by atoms with Crippen molar-refractivity contribution in [3.63, 3.8) is 0 Å². The summed E-state index contributed by atoms with van der Waals surface area (Å²) in [6, 6.07) is 11.7. The standard InChI is InChI=1S/C26H30FNO5/c1-16-23(30)24(31)25(33-26(16)11-3-4-12-26)32-21-9-8-18(10-13-28-17(2)29)22(15-21)19-6-5-7-20(27)14-19/h3-9,14-16,23-25,30-31H,10-13H2,1-2H3,(H,28,29)/t16-,23-,24-,25-/m1/s1. The van der Waals surface area contributed by atoms with Crippen molar-refractivity contribution in [2.24, 2.45) is 5.92 Å². The summed E-state index contributed by atoms with van der Waals surface area (Å²) in [5.41, 5.74) is 1.74. The van der Waals surface area contributed by atoms with Crippen molar-refractivity contribution in [3.8, 4) is 16.9 Å². The van der Waals surface area contributed by atoms with E-state index in [-0.39, 0.29) is 17.6 Å². The fourth-order valence-electron chi connectivity index (χ4n) is 4.67. The smallest absolute Gasteiger partial charge is 0.229 e. The van der Waals surface area contributed by atoms with E-state index in [0.29, 0.717) is 37.1 Å². The number of amides is 1. The van der Waals surface area contributed by atoms with E-state index in [0.717, 1.165) is 11.1 Å². The Bertz CT molecular complexity index is 1030. The largest absolute Gasteiger partial charge is 0.462 e. The van der Waals surface area contributed by atoms with Crippen LogP contribution in [0.2, 0.25) is 0 Å². The summed E-state index contributed by atoms with van der Waals surface area (Å²) in [5, 5.41) is 24.1. The van der Waals surface area contributed by atoms with Crippen molar-refractivity contribution < 1.29 is 28.9 Å². The van der Waals surface area contributed by atoms with Gasteiger partial charge in [0.15, 0.2) is 0 Å². The highest BCUT2D eigenvalue weighted by Gasteiger charge is 2.52. The van der Waals surface area contributed by atoms with Crippen LogP contribution in [0.4, 0.5) is 4.39 Å². The van der Waals surface area contributed by atoms with Gasteiger partial charge in [-0.3, -0.25) is 4.79 Å². The summed E-state index contributed by atoms with van der Waals surface area (Å²) in [5.74, 6) is -0.287. The molecule has 0 aromatic heterocycles. The van der Waals surface area contributed by atoms with Crippen LogP contribution < -0.4 is 10.1 Å². The predicted octanol–water partition coefficient (Wildman–Crippen LogP) is 3.35. The van der Waals surface area contributed by atoms with Crippen LogP contribution in [-0.2, 0) is 16.0 Å². The van der Waals surface area contributed by atoms with E-state index in [1.807, 2.05) is 25.1 Å². The van der Waals surface area contributed by atoms with Gasteiger partial charge in [0.25, 0.3) is 0 Å². The lowest BCUT2D eigenvalue weighted by Crippen LogP contribution is -2.60. The molecule has 4 atom stereocenters. The van der Waals surface area contributed by atoms with Gasteiger partial charge in [-0.1, -0.05) is 37.3 Å². The summed E-state index contributed by atoms with van der Waals surface area (Å²) >= 11 is 0. The Kier molecular flexibility index (Phi) is 6.83. The molecule has 1 spiro atoms. The van der Waals surface area contributed by atoms with Crippen LogP contribution in [0.3, 0.4) is 0 Å². The van der Waals surface area contributed by atoms with E-state index in [1.165, 1.54) is 19.1 Å². The van der Waals surface area contributed by atoms with Gasteiger partial charge in [-0.05, 0) is 60.2 Å². The summed E-state index contributed by atoms with van der Waals surface area (Å²) in [6.45, 7) is 3.78. The van der Waals surface area contributed by atoms with Crippen molar-refractivity contribution in [3.05, 3.63) is 66.0 Å². The summed E-state index contributed by atoms with van der Waals surface area (Å²) in [7, 11) is 0. The second-order valence-electron chi connectivity index (χ2n) is 8.88. The van der Waals surface area contributed by atoms with Gasteiger partial charge in [0.2, 0.25) is 12.2 Å². The van der Waals surface area contributed by atoms with E-state index in [4.69, 9.17) is 9.47 Å². The summed E-state index contributed by atoms with van der Waals surface area (Å²) in [6.07, 6.45) is 2.66. The third-order valence-electron chi connectivity index (χ3n) is 6.65. The molecule has 7 heteroatoms.